The van der Waals surface area contributed by atoms with Gasteiger partial charge in [-0.3, -0.25) is 4.99 Å². The summed E-state index contributed by atoms with van der Waals surface area (Å²) in [5.74, 6) is 2.68. The van der Waals surface area contributed by atoms with Crippen LogP contribution in [0, 0.1) is 18.3 Å². The van der Waals surface area contributed by atoms with Crippen molar-refractivity contribution in [2.24, 2.45) is 16.3 Å². The second-order valence-electron chi connectivity index (χ2n) is 9.11. The van der Waals surface area contributed by atoms with Gasteiger partial charge in [0.15, 0.2) is 5.96 Å². The van der Waals surface area contributed by atoms with Crippen LogP contribution >= 0.6 is 24.0 Å². The van der Waals surface area contributed by atoms with Crippen LogP contribution in [0.1, 0.15) is 45.6 Å². The lowest BCUT2D eigenvalue weighted by atomic mass is 9.57. The summed E-state index contributed by atoms with van der Waals surface area (Å²) in [5.41, 5.74) is 1.37. The Labute approximate surface area is 192 Å². The van der Waals surface area contributed by atoms with Crippen LogP contribution in [0.25, 0.3) is 0 Å². The van der Waals surface area contributed by atoms with Gasteiger partial charge in [-0.15, -0.1) is 24.0 Å². The first-order valence-corrected chi connectivity index (χ1v) is 10.9. The van der Waals surface area contributed by atoms with Crippen LogP contribution in [0.5, 0.6) is 0 Å². The van der Waals surface area contributed by atoms with Gasteiger partial charge in [0, 0.05) is 55.9 Å². The second kappa shape index (κ2) is 9.37. The molecule has 3 aliphatic rings. The molecule has 1 aromatic rings. The lowest BCUT2D eigenvalue weighted by Gasteiger charge is -2.55. The third kappa shape index (κ3) is 4.65. The van der Waals surface area contributed by atoms with E-state index in [1.165, 1.54) is 5.56 Å². The summed E-state index contributed by atoms with van der Waals surface area (Å²) >= 11 is 0. The van der Waals surface area contributed by atoms with E-state index in [2.05, 4.69) is 60.3 Å². The lowest BCUT2D eigenvalue weighted by Crippen LogP contribution is -2.68. The number of halogens is 1. The third-order valence-corrected chi connectivity index (χ3v) is 6.76. The molecule has 3 heterocycles. The van der Waals surface area contributed by atoms with Gasteiger partial charge in [0.1, 0.15) is 5.82 Å². The van der Waals surface area contributed by atoms with E-state index >= 15 is 0 Å². The van der Waals surface area contributed by atoms with Crippen LogP contribution in [-0.2, 0) is 4.74 Å². The molecule has 3 unspecified atom stereocenters. The van der Waals surface area contributed by atoms with Gasteiger partial charge in [-0.05, 0) is 44.7 Å². The van der Waals surface area contributed by atoms with Crippen LogP contribution in [0.15, 0.2) is 23.3 Å². The zero-order valence-electron chi connectivity index (χ0n) is 18.1. The molecule has 3 fully saturated rings. The number of nitrogens with one attached hydrogen (secondary N) is 2. The number of pyridine rings is 1. The number of aliphatic imine (C=N–C) groups is 1. The quantitative estimate of drug-likeness (QED) is 0.368. The first kappa shape index (κ1) is 22.6. The zero-order chi connectivity index (χ0) is 19.7. The molecule has 0 bridgehead atoms. The average molecular weight is 513 g/mol. The number of aromatic nitrogens is 1. The fourth-order valence-corrected chi connectivity index (χ4v) is 5.15. The molecule has 0 radical (unpaired) electrons. The van der Waals surface area contributed by atoms with Crippen molar-refractivity contribution in [1.82, 2.24) is 15.6 Å². The van der Waals surface area contributed by atoms with E-state index in [1.54, 1.807) is 0 Å². The van der Waals surface area contributed by atoms with Gasteiger partial charge in [0.05, 0.1) is 6.10 Å². The molecule has 0 amide bonds. The van der Waals surface area contributed by atoms with E-state index in [0.717, 1.165) is 57.3 Å². The number of anilines is 1. The van der Waals surface area contributed by atoms with Crippen LogP contribution in [0.3, 0.4) is 0 Å². The summed E-state index contributed by atoms with van der Waals surface area (Å²) in [4.78, 5) is 11.7. The predicted molar refractivity (Wildman–Crippen MR) is 129 cm³/mol. The number of hydrogen-bond donors (Lipinski definition) is 2. The molecule has 0 spiro atoms. The molecule has 29 heavy (non-hydrogen) atoms. The molecule has 0 aromatic carbocycles. The second-order valence-corrected chi connectivity index (χ2v) is 9.11. The Morgan fingerprint density at radius 3 is 2.66 bits per heavy atom. The Kier molecular flexibility index (Phi) is 7.30. The topological polar surface area (TPSA) is 61.8 Å². The molecule has 162 valence electrons. The highest BCUT2D eigenvalue weighted by atomic mass is 127. The highest BCUT2D eigenvalue weighted by Crippen LogP contribution is 2.52. The normalized spacial score (nSPS) is 28.9. The first-order valence-electron chi connectivity index (χ1n) is 10.9. The Morgan fingerprint density at radius 1 is 1.24 bits per heavy atom. The fraction of sp³-hybridized carbons (Fsp3) is 0.727. The van der Waals surface area contributed by atoms with E-state index in [9.17, 15) is 0 Å². The molecular formula is C22H36IN5O. The van der Waals surface area contributed by atoms with Crippen LogP contribution < -0.4 is 15.5 Å². The molecule has 2 N–H and O–H groups in total. The molecule has 1 aliphatic carbocycles. The summed E-state index contributed by atoms with van der Waals surface area (Å²) in [6.07, 6.45) is 5.72. The average Bonchev–Trinajstić information content (AvgIpc) is 3.15. The van der Waals surface area contributed by atoms with Gasteiger partial charge in [0.25, 0.3) is 0 Å². The van der Waals surface area contributed by atoms with Crippen molar-refractivity contribution >= 4 is 35.8 Å². The highest BCUT2D eigenvalue weighted by Gasteiger charge is 2.59. The highest BCUT2D eigenvalue weighted by molar-refractivity contribution is 14.0. The molecule has 1 saturated carbocycles. The number of ether oxygens (including phenoxy) is 1. The van der Waals surface area contributed by atoms with Crippen molar-refractivity contribution in [3.63, 3.8) is 0 Å². The molecule has 7 heteroatoms. The largest absolute Gasteiger partial charge is 0.377 e. The molecule has 2 saturated heterocycles. The summed E-state index contributed by atoms with van der Waals surface area (Å²) in [7, 11) is 0. The minimum Gasteiger partial charge on any atom is -0.377 e. The van der Waals surface area contributed by atoms with Gasteiger partial charge in [-0.25, -0.2) is 4.98 Å². The maximum absolute atomic E-state index is 5.94. The smallest absolute Gasteiger partial charge is 0.191 e. The molecule has 1 aromatic heterocycles. The van der Waals surface area contributed by atoms with Crippen LogP contribution in [0.4, 0.5) is 5.82 Å². The van der Waals surface area contributed by atoms with Gasteiger partial charge < -0.3 is 20.3 Å². The van der Waals surface area contributed by atoms with Crippen LogP contribution in [-0.4, -0.2) is 55.4 Å². The number of piperidine rings is 1. The number of fused-ring (bicyclic) bond motifs is 1. The van der Waals surface area contributed by atoms with Crippen molar-refractivity contribution in [2.75, 3.05) is 31.1 Å². The number of nitrogens with zero attached hydrogens (tertiary/aromatic N) is 3. The molecular weight excluding hydrogens is 477 g/mol. The Balaban J connectivity index is 0.00000240. The van der Waals surface area contributed by atoms with Crippen molar-refractivity contribution in [3.05, 3.63) is 23.9 Å². The third-order valence-electron chi connectivity index (χ3n) is 6.76. The Morgan fingerprint density at radius 2 is 2.00 bits per heavy atom. The minimum atomic E-state index is 0. The van der Waals surface area contributed by atoms with Gasteiger partial charge in [-0.1, -0.05) is 19.9 Å². The van der Waals surface area contributed by atoms with E-state index in [-0.39, 0.29) is 29.4 Å². The Bertz CT molecular complexity index is 700. The van der Waals surface area contributed by atoms with E-state index < -0.39 is 0 Å². The van der Waals surface area contributed by atoms with Gasteiger partial charge >= 0.3 is 0 Å². The summed E-state index contributed by atoms with van der Waals surface area (Å²) < 4.78 is 5.94. The summed E-state index contributed by atoms with van der Waals surface area (Å²) in [6.45, 7) is 12.6. The monoisotopic (exact) mass is 513 g/mol. The van der Waals surface area contributed by atoms with E-state index in [4.69, 9.17) is 9.73 Å². The number of guanidine groups is 1. The number of aryl methyl sites for hydroxylation is 1. The minimum absolute atomic E-state index is 0. The lowest BCUT2D eigenvalue weighted by molar-refractivity contribution is -0.106. The molecule has 2 aliphatic heterocycles. The summed E-state index contributed by atoms with van der Waals surface area (Å²) in [5, 5.41) is 7.45. The molecule has 4 rings (SSSR count). The first-order chi connectivity index (χ1) is 13.5. The van der Waals surface area contributed by atoms with Crippen molar-refractivity contribution < 1.29 is 4.74 Å². The zero-order valence-corrected chi connectivity index (χ0v) is 20.5. The SMILES string of the molecule is CCN=C(NC1CCN(c2ccc(C)cn2)CC1)NC1C2CCOC2C1(C)C.I. The maximum atomic E-state index is 5.94. The molecule has 3 atom stereocenters. The maximum Gasteiger partial charge on any atom is 0.191 e. The summed E-state index contributed by atoms with van der Waals surface area (Å²) in [6, 6.07) is 5.17. The van der Waals surface area contributed by atoms with Crippen molar-refractivity contribution in [3.8, 4) is 0 Å². The number of hydrogen-bond acceptors (Lipinski definition) is 4. The van der Waals surface area contributed by atoms with Crippen molar-refractivity contribution in [2.45, 2.75) is 65.1 Å². The molecule has 6 nitrogen and oxygen atoms in total. The van der Waals surface area contributed by atoms with E-state index in [0.29, 0.717) is 24.1 Å². The van der Waals surface area contributed by atoms with Gasteiger partial charge in [-0.2, -0.15) is 0 Å². The standard InChI is InChI=1S/C22H35N5O.HI/c1-5-23-21(26-19-17-10-13-28-20(17)22(19,3)4)25-16-8-11-27(12-9-16)18-7-6-15(2)14-24-18;/h6-7,14,16-17,19-20H,5,8-13H2,1-4H3,(H2,23,25,26);1H. The van der Waals surface area contributed by atoms with Crippen molar-refractivity contribution in [1.29, 1.82) is 0 Å². The number of rotatable bonds is 4. The van der Waals surface area contributed by atoms with Crippen LogP contribution in [0.2, 0.25) is 0 Å². The van der Waals surface area contributed by atoms with E-state index in [1.807, 2.05) is 6.20 Å². The van der Waals surface area contributed by atoms with Gasteiger partial charge in [0.2, 0.25) is 0 Å². The fourth-order valence-electron chi connectivity index (χ4n) is 5.15. The predicted octanol–water partition coefficient (Wildman–Crippen LogP) is 3.35. The Hall–Kier alpha value is -1.09.